The number of carbonyl (C=O) groups excluding carboxylic acids is 1. The lowest BCUT2D eigenvalue weighted by atomic mass is 10.1. The molecule has 0 aliphatic rings. The number of anilines is 1. The van der Waals surface area contributed by atoms with Crippen molar-refractivity contribution in [2.24, 2.45) is 11.7 Å². The summed E-state index contributed by atoms with van der Waals surface area (Å²) in [6.45, 7) is 2.35. The van der Waals surface area contributed by atoms with Crippen LogP contribution in [0.25, 0.3) is 0 Å². The topological polar surface area (TPSA) is 46.3 Å². The van der Waals surface area contributed by atoms with Crippen molar-refractivity contribution in [3.05, 3.63) is 16.5 Å². The number of rotatable bonds is 4. The third-order valence-electron chi connectivity index (χ3n) is 2.35. The van der Waals surface area contributed by atoms with E-state index in [0.717, 1.165) is 11.4 Å². The van der Waals surface area contributed by atoms with Crippen molar-refractivity contribution in [3.8, 4) is 0 Å². The molecule has 1 aromatic rings. The molecule has 0 saturated heterocycles. The van der Waals surface area contributed by atoms with Gasteiger partial charge in [0.05, 0.1) is 15.3 Å². The third kappa shape index (κ3) is 2.93. The SMILES string of the molecule is CCC(CN)C(=O)N(C)c1ccc(Cl)s1. The number of amides is 1. The number of nitrogens with two attached hydrogens (primary N) is 1. The van der Waals surface area contributed by atoms with E-state index < -0.39 is 0 Å². The van der Waals surface area contributed by atoms with Crippen LogP contribution in [0.3, 0.4) is 0 Å². The van der Waals surface area contributed by atoms with Gasteiger partial charge in [0.15, 0.2) is 0 Å². The molecule has 84 valence electrons. The average molecular weight is 247 g/mol. The van der Waals surface area contributed by atoms with Gasteiger partial charge in [0.2, 0.25) is 5.91 Å². The number of hydrogen-bond donors (Lipinski definition) is 1. The normalized spacial score (nSPS) is 12.5. The molecule has 1 heterocycles. The van der Waals surface area contributed by atoms with Crippen LogP contribution in [-0.4, -0.2) is 19.5 Å². The van der Waals surface area contributed by atoms with Crippen LogP contribution < -0.4 is 10.6 Å². The van der Waals surface area contributed by atoms with E-state index in [4.69, 9.17) is 17.3 Å². The largest absolute Gasteiger partial charge is 0.330 e. The van der Waals surface area contributed by atoms with Gasteiger partial charge in [-0.15, -0.1) is 11.3 Å². The lowest BCUT2D eigenvalue weighted by molar-refractivity contribution is -0.121. The quantitative estimate of drug-likeness (QED) is 0.887. The molecule has 0 bridgehead atoms. The first kappa shape index (κ1) is 12.5. The molecule has 15 heavy (non-hydrogen) atoms. The van der Waals surface area contributed by atoms with Crippen LogP contribution in [-0.2, 0) is 4.79 Å². The van der Waals surface area contributed by atoms with E-state index >= 15 is 0 Å². The first-order valence-corrected chi connectivity index (χ1v) is 6.02. The number of nitrogens with zero attached hydrogens (tertiary/aromatic N) is 1. The predicted molar refractivity (Wildman–Crippen MR) is 65.6 cm³/mol. The monoisotopic (exact) mass is 246 g/mol. The standard InChI is InChI=1S/C10H15ClN2OS/c1-3-7(6-12)10(14)13(2)9-5-4-8(11)15-9/h4-5,7H,3,6,12H2,1-2H3. The Bertz CT molecular complexity index is 336. The molecule has 0 aliphatic carbocycles. The van der Waals surface area contributed by atoms with Crippen LogP contribution in [0.4, 0.5) is 5.00 Å². The summed E-state index contributed by atoms with van der Waals surface area (Å²) in [4.78, 5) is 13.5. The fourth-order valence-electron chi connectivity index (χ4n) is 1.31. The van der Waals surface area contributed by atoms with Crippen molar-refractivity contribution in [2.75, 3.05) is 18.5 Å². The summed E-state index contributed by atoms with van der Waals surface area (Å²) in [6.07, 6.45) is 0.763. The maximum absolute atomic E-state index is 11.9. The molecule has 1 rings (SSSR count). The highest BCUT2D eigenvalue weighted by molar-refractivity contribution is 7.20. The molecule has 0 aliphatic heterocycles. The zero-order valence-corrected chi connectivity index (χ0v) is 10.4. The molecule has 0 spiro atoms. The van der Waals surface area contributed by atoms with Crippen molar-refractivity contribution in [3.63, 3.8) is 0 Å². The van der Waals surface area contributed by atoms with E-state index in [-0.39, 0.29) is 11.8 Å². The van der Waals surface area contributed by atoms with Crippen LogP contribution in [0.15, 0.2) is 12.1 Å². The van der Waals surface area contributed by atoms with E-state index in [0.29, 0.717) is 10.9 Å². The molecule has 1 amide bonds. The van der Waals surface area contributed by atoms with Gasteiger partial charge in [-0.25, -0.2) is 0 Å². The minimum absolute atomic E-state index is 0.0542. The minimum atomic E-state index is -0.101. The van der Waals surface area contributed by atoms with E-state index in [1.807, 2.05) is 13.0 Å². The number of carbonyl (C=O) groups is 1. The maximum Gasteiger partial charge on any atom is 0.231 e. The molecule has 0 fully saturated rings. The van der Waals surface area contributed by atoms with E-state index in [2.05, 4.69) is 0 Å². The fraction of sp³-hybridized carbons (Fsp3) is 0.500. The van der Waals surface area contributed by atoms with Gasteiger partial charge in [-0.2, -0.15) is 0 Å². The predicted octanol–water partition coefficient (Wildman–Crippen LogP) is 2.35. The van der Waals surface area contributed by atoms with Crippen LogP contribution in [0.2, 0.25) is 4.34 Å². The number of hydrogen-bond acceptors (Lipinski definition) is 3. The first-order valence-electron chi connectivity index (χ1n) is 4.83. The van der Waals surface area contributed by atoms with Crippen LogP contribution in [0.5, 0.6) is 0 Å². The number of thiophene rings is 1. The Morgan fingerprint density at radius 1 is 1.67 bits per heavy atom. The maximum atomic E-state index is 11.9. The lowest BCUT2D eigenvalue weighted by Crippen LogP contribution is -2.35. The Kier molecular flexibility index (Phi) is 4.57. The second kappa shape index (κ2) is 5.49. The van der Waals surface area contributed by atoms with Gasteiger partial charge in [0, 0.05) is 13.6 Å². The molecular weight excluding hydrogens is 232 g/mol. The number of halogens is 1. The molecule has 2 N–H and O–H groups in total. The van der Waals surface area contributed by atoms with Crippen LogP contribution >= 0.6 is 22.9 Å². The smallest absolute Gasteiger partial charge is 0.231 e. The van der Waals surface area contributed by atoms with E-state index in [9.17, 15) is 4.79 Å². The molecular formula is C10H15ClN2OS. The minimum Gasteiger partial charge on any atom is -0.330 e. The lowest BCUT2D eigenvalue weighted by Gasteiger charge is -2.20. The van der Waals surface area contributed by atoms with E-state index in [1.165, 1.54) is 11.3 Å². The van der Waals surface area contributed by atoms with Gasteiger partial charge in [-0.1, -0.05) is 18.5 Å². The summed E-state index contributed by atoms with van der Waals surface area (Å²) in [6, 6.07) is 3.63. The average Bonchev–Trinajstić information content (AvgIpc) is 2.65. The summed E-state index contributed by atoms with van der Waals surface area (Å²) in [7, 11) is 1.75. The molecule has 0 saturated carbocycles. The van der Waals surface area contributed by atoms with Crippen molar-refractivity contribution >= 4 is 33.8 Å². The highest BCUT2D eigenvalue weighted by atomic mass is 35.5. The highest BCUT2D eigenvalue weighted by Crippen LogP contribution is 2.29. The summed E-state index contributed by atoms with van der Waals surface area (Å²) in [5.74, 6) is -0.0469. The van der Waals surface area contributed by atoms with Gasteiger partial charge in [0.1, 0.15) is 0 Å². The molecule has 3 nitrogen and oxygen atoms in total. The van der Waals surface area contributed by atoms with Crippen LogP contribution in [0.1, 0.15) is 13.3 Å². The van der Waals surface area contributed by atoms with Gasteiger partial charge in [0.25, 0.3) is 0 Å². The fourth-order valence-corrected chi connectivity index (χ4v) is 2.31. The summed E-state index contributed by atoms with van der Waals surface area (Å²) in [5.41, 5.74) is 5.54. The molecule has 1 unspecified atom stereocenters. The van der Waals surface area contributed by atoms with E-state index in [1.54, 1.807) is 18.0 Å². The second-order valence-electron chi connectivity index (χ2n) is 3.32. The Hall–Kier alpha value is -0.580. The Labute approximate surface area is 98.8 Å². The summed E-state index contributed by atoms with van der Waals surface area (Å²) < 4.78 is 0.686. The van der Waals surface area contributed by atoms with Gasteiger partial charge < -0.3 is 10.6 Å². The van der Waals surface area contributed by atoms with Crippen molar-refractivity contribution in [1.82, 2.24) is 0 Å². The Morgan fingerprint density at radius 2 is 2.33 bits per heavy atom. The molecule has 1 atom stereocenters. The van der Waals surface area contributed by atoms with Crippen molar-refractivity contribution in [2.45, 2.75) is 13.3 Å². The summed E-state index contributed by atoms with van der Waals surface area (Å²) >= 11 is 7.20. The molecule has 5 heteroatoms. The highest BCUT2D eigenvalue weighted by Gasteiger charge is 2.20. The third-order valence-corrected chi connectivity index (χ3v) is 3.65. The molecule has 0 aromatic carbocycles. The van der Waals surface area contributed by atoms with Crippen molar-refractivity contribution in [1.29, 1.82) is 0 Å². The zero-order chi connectivity index (χ0) is 11.4. The molecule has 1 aromatic heterocycles. The second-order valence-corrected chi connectivity index (χ2v) is 5.01. The van der Waals surface area contributed by atoms with Gasteiger partial charge in [-0.05, 0) is 18.6 Å². The van der Waals surface area contributed by atoms with Crippen molar-refractivity contribution < 1.29 is 4.79 Å². The first-order chi connectivity index (χ1) is 7.10. The molecule has 0 radical (unpaired) electrons. The zero-order valence-electron chi connectivity index (χ0n) is 8.87. The Balaban J connectivity index is 2.76. The van der Waals surface area contributed by atoms with Crippen LogP contribution in [0, 0.1) is 5.92 Å². The van der Waals surface area contributed by atoms with Gasteiger partial charge >= 0.3 is 0 Å². The Morgan fingerprint density at radius 3 is 2.73 bits per heavy atom. The van der Waals surface area contributed by atoms with Gasteiger partial charge in [-0.3, -0.25) is 4.79 Å². The summed E-state index contributed by atoms with van der Waals surface area (Å²) in [5, 5.41) is 0.858.